The highest BCUT2D eigenvalue weighted by Gasteiger charge is 2.01. The Bertz CT molecular complexity index is 515. The molecule has 5 nitrogen and oxygen atoms in total. The van der Waals surface area contributed by atoms with Crippen molar-refractivity contribution in [1.29, 1.82) is 0 Å². The molecule has 0 saturated carbocycles. The van der Waals surface area contributed by atoms with E-state index >= 15 is 0 Å². The number of benzene rings is 1. The summed E-state index contributed by atoms with van der Waals surface area (Å²) in [6.45, 7) is 1.85. The van der Waals surface area contributed by atoms with Gasteiger partial charge in [-0.3, -0.25) is 0 Å². The number of aromatic nitrogens is 3. The second-order valence-electron chi connectivity index (χ2n) is 4.17. The first-order chi connectivity index (χ1) is 9.28. The summed E-state index contributed by atoms with van der Waals surface area (Å²) in [6.07, 6.45) is 3.72. The van der Waals surface area contributed by atoms with E-state index in [1.807, 2.05) is 24.4 Å². The number of hydrogen-bond donors (Lipinski definition) is 1. The molecule has 2 aromatic rings. The number of halogens is 1. The van der Waals surface area contributed by atoms with Crippen LogP contribution in [0.25, 0.3) is 0 Å². The average Bonchev–Trinajstić information content (AvgIpc) is 2.84. The van der Waals surface area contributed by atoms with Gasteiger partial charge in [0.25, 0.3) is 0 Å². The van der Waals surface area contributed by atoms with Crippen LogP contribution in [0, 0.1) is 0 Å². The van der Waals surface area contributed by atoms with Crippen LogP contribution < -0.4 is 10.5 Å². The highest BCUT2D eigenvalue weighted by molar-refractivity contribution is 6.30. The van der Waals surface area contributed by atoms with Crippen LogP contribution in [0.15, 0.2) is 30.5 Å². The molecule has 0 aliphatic carbocycles. The summed E-state index contributed by atoms with van der Waals surface area (Å²) >= 11 is 5.87. The van der Waals surface area contributed by atoms with E-state index in [1.165, 1.54) is 0 Å². The number of aryl methyl sites for hydroxylation is 1. The molecule has 1 heterocycles. The van der Waals surface area contributed by atoms with Crippen LogP contribution in [0.5, 0.6) is 5.75 Å². The van der Waals surface area contributed by atoms with Crippen molar-refractivity contribution < 1.29 is 4.74 Å². The minimum Gasteiger partial charge on any atom is -0.492 e. The lowest BCUT2D eigenvalue weighted by molar-refractivity contribution is 0.289. The fourth-order valence-electron chi connectivity index (χ4n) is 1.66. The highest BCUT2D eigenvalue weighted by Crippen LogP contribution is 2.16. The molecule has 0 saturated heterocycles. The zero-order chi connectivity index (χ0) is 13.5. The molecule has 2 N–H and O–H groups in total. The molecule has 0 fully saturated rings. The maximum atomic E-state index is 5.87. The van der Waals surface area contributed by atoms with Crippen LogP contribution in [0.4, 0.5) is 0 Å². The predicted octanol–water partition coefficient (Wildman–Crippen LogP) is 1.90. The number of ether oxygens (including phenoxy) is 1. The van der Waals surface area contributed by atoms with Gasteiger partial charge in [-0.25, -0.2) is 4.68 Å². The van der Waals surface area contributed by atoms with Crippen molar-refractivity contribution in [3.8, 4) is 5.75 Å². The lowest BCUT2D eigenvalue weighted by atomic mass is 10.2. The molecule has 1 aromatic carbocycles. The number of rotatable bonds is 7. The van der Waals surface area contributed by atoms with Gasteiger partial charge in [0.15, 0.2) is 0 Å². The molecule has 0 aliphatic heterocycles. The van der Waals surface area contributed by atoms with E-state index in [4.69, 9.17) is 22.1 Å². The molecule has 2 rings (SSSR count). The van der Waals surface area contributed by atoms with Gasteiger partial charge in [0.2, 0.25) is 0 Å². The van der Waals surface area contributed by atoms with Gasteiger partial charge in [-0.1, -0.05) is 22.9 Å². The third-order valence-corrected chi connectivity index (χ3v) is 2.84. The van der Waals surface area contributed by atoms with Crippen molar-refractivity contribution in [2.45, 2.75) is 19.4 Å². The molecular weight excluding hydrogens is 264 g/mol. The lowest BCUT2D eigenvalue weighted by Gasteiger charge is -2.05. The Hall–Kier alpha value is -1.59. The SMILES string of the molecule is NCCCc1cn(CCOc2cccc(Cl)c2)nn1. The molecule has 102 valence electrons. The van der Waals surface area contributed by atoms with E-state index in [0.29, 0.717) is 24.7 Å². The molecule has 6 heteroatoms. The van der Waals surface area contributed by atoms with Gasteiger partial charge in [-0.2, -0.15) is 0 Å². The van der Waals surface area contributed by atoms with Gasteiger partial charge >= 0.3 is 0 Å². The molecule has 19 heavy (non-hydrogen) atoms. The Morgan fingerprint density at radius 3 is 3.05 bits per heavy atom. The maximum Gasteiger partial charge on any atom is 0.120 e. The van der Waals surface area contributed by atoms with Crippen LogP contribution in [-0.4, -0.2) is 28.1 Å². The van der Waals surface area contributed by atoms with E-state index < -0.39 is 0 Å². The van der Waals surface area contributed by atoms with E-state index in [9.17, 15) is 0 Å². The fourth-order valence-corrected chi connectivity index (χ4v) is 1.84. The van der Waals surface area contributed by atoms with Gasteiger partial charge < -0.3 is 10.5 Å². The van der Waals surface area contributed by atoms with E-state index in [0.717, 1.165) is 24.3 Å². The number of nitrogens with zero attached hydrogens (tertiary/aromatic N) is 3. The summed E-state index contributed by atoms with van der Waals surface area (Å²) in [5, 5.41) is 8.78. The zero-order valence-electron chi connectivity index (χ0n) is 10.6. The smallest absolute Gasteiger partial charge is 0.120 e. The molecule has 0 amide bonds. The Morgan fingerprint density at radius 2 is 2.26 bits per heavy atom. The first-order valence-electron chi connectivity index (χ1n) is 6.25. The third-order valence-electron chi connectivity index (χ3n) is 2.61. The maximum absolute atomic E-state index is 5.87. The van der Waals surface area contributed by atoms with Gasteiger partial charge in [0, 0.05) is 11.2 Å². The summed E-state index contributed by atoms with van der Waals surface area (Å²) in [5.41, 5.74) is 6.42. The van der Waals surface area contributed by atoms with Crippen LogP contribution in [-0.2, 0) is 13.0 Å². The van der Waals surface area contributed by atoms with Gasteiger partial charge in [0.05, 0.1) is 12.2 Å². The largest absolute Gasteiger partial charge is 0.492 e. The zero-order valence-corrected chi connectivity index (χ0v) is 11.4. The molecule has 1 aromatic heterocycles. The molecule has 0 bridgehead atoms. The Kier molecular flexibility index (Phi) is 5.18. The molecule has 0 atom stereocenters. The summed E-state index contributed by atoms with van der Waals surface area (Å²) in [5.74, 6) is 0.760. The monoisotopic (exact) mass is 280 g/mol. The minimum absolute atomic E-state index is 0.528. The molecular formula is C13H17ClN4O. The van der Waals surface area contributed by atoms with Crippen molar-refractivity contribution in [2.24, 2.45) is 5.73 Å². The van der Waals surface area contributed by atoms with Gasteiger partial charge in [0.1, 0.15) is 12.4 Å². The van der Waals surface area contributed by atoms with E-state index in [2.05, 4.69) is 10.3 Å². The van der Waals surface area contributed by atoms with Crippen LogP contribution in [0.1, 0.15) is 12.1 Å². The second kappa shape index (κ2) is 7.11. The first-order valence-corrected chi connectivity index (χ1v) is 6.63. The van der Waals surface area contributed by atoms with Crippen molar-refractivity contribution in [1.82, 2.24) is 15.0 Å². The summed E-state index contributed by atoms with van der Waals surface area (Å²) in [6, 6.07) is 7.34. The van der Waals surface area contributed by atoms with Gasteiger partial charge in [-0.05, 0) is 37.6 Å². The van der Waals surface area contributed by atoms with E-state index in [-0.39, 0.29) is 0 Å². The minimum atomic E-state index is 0.528. The van der Waals surface area contributed by atoms with Crippen molar-refractivity contribution in [3.05, 3.63) is 41.2 Å². The molecule has 0 aliphatic rings. The third kappa shape index (κ3) is 4.54. The quantitative estimate of drug-likeness (QED) is 0.841. The first kappa shape index (κ1) is 13.8. The predicted molar refractivity (Wildman–Crippen MR) is 74.3 cm³/mol. The topological polar surface area (TPSA) is 66.0 Å². The van der Waals surface area contributed by atoms with Crippen LogP contribution in [0.2, 0.25) is 5.02 Å². The summed E-state index contributed by atoms with van der Waals surface area (Å²) in [7, 11) is 0. The van der Waals surface area contributed by atoms with Crippen LogP contribution >= 0.6 is 11.6 Å². The normalized spacial score (nSPS) is 10.6. The van der Waals surface area contributed by atoms with Crippen LogP contribution in [0.3, 0.4) is 0 Å². The number of nitrogens with two attached hydrogens (primary N) is 1. The van der Waals surface area contributed by atoms with Crippen molar-refractivity contribution in [2.75, 3.05) is 13.2 Å². The van der Waals surface area contributed by atoms with Crippen molar-refractivity contribution >= 4 is 11.6 Å². The molecule has 0 unspecified atom stereocenters. The van der Waals surface area contributed by atoms with E-state index in [1.54, 1.807) is 10.7 Å². The highest BCUT2D eigenvalue weighted by atomic mass is 35.5. The average molecular weight is 281 g/mol. The molecule has 0 spiro atoms. The van der Waals surface area contributed by atoms with Crippen molar-refractivity contribution in [3.63, 3.8) is 0 Å². The standard InChI is InChI=1S/C13H17ClN4O/c14-11-3-1-5-13(9-11)19-8-7-18-10-12(16-17-18)4-2-6-15/h1,3,5,9-10H,2,4,6-8,15H2. The number of hydrogen-bond acceptors (Lipinski definition) is 4. The Morgan fingerprint density at radius 1 is 1.37 bits per heavy atom. The second-order valence-corrected chi connectivity index (χ2v) is 4.61. The fraction of sp³-hybridized carbons (Fsp3) is 0.385. The summed E-state index contributed by atoms with van der Waals surface area (Å²) < 4.78 is 7.36. The molecule has 0 radical (unpaired) electrons. The Balaban J connectivity index is 1.77. The van der Waals surface area contributed by atoms with Gasteiger partial charge in [-0.15, -0.1) is 5.10 Å². The summed E-state index contributed by atoms with van der Waals surface area (Å²) in [4.78, 5) is 0. The Labute approximate surface area is 117 Å². The lowest BCUT2D eigenvalue weighted by Crippen LogP contribution is -2.08.